The van der Waals surface area contributed by atoms with E-state index < -0.39 is 12.1 Å². The lowest BCUT2D eigenvalue weighted by atomic mass is 10.0. The molecule has 0 spiro atoms. The Morgan fingerprint density at radius 3 is 2.57 bits per heavy atom. The number of methoxy groups -OCH3 is 2. The van der Waals surface area contributed by atoms with Gasteiger partial charge in [-0.15, -0.1) is 0 Å². The van der Waals surface area contributed by atoms with Gasteiger partial charge in [0.2, 0.25) is 5.91 Å². The monoisotopic (exact) mass is 494 g/mol. The zero-order valence-corrected chi connectivity index (χ0v) is 20.1. The molecule has 0 radical (unpaired) electrons. The molecule has 3 heterocycles. The molecule has 4 aromatic rings. The highest BCUT2D eigenvalue weighted by atomic mass is 16.5. The molecule has 0 saturated heterocycles. The van der Waals surface area contributed by atoms with Crippen LogP contribution in [0.2, 0.25) is 0 Å². The number of rotatable bonds is 5. The van der Waals surface area contributed by atoms with E-state index in [1.807, 2.05) is 24.3 Å². The fourth-order valence-electron chi connectivity index (χ4n) is 5.14. The molecule has 1 aromatic heterocycles. The van der Waals surface area contributed by atoms with E-state index in [0.717, 1.165) is 5.39 Å². The second-order valence-corrected chi connectivity index (χ2v) is 8.69. The molecule has 3 amide bonds. The first-order valence-corrected chi connectivity index (χ1v) is 11.7. The number of nitrogens with zero attached hydrogens (tertiary/aromatic N) is 3. The molecule has 0 bridgehead atoms. The number of aromatic nitrogens is 1. The van der Waals surface area contributed by atoms with Gasteiger partial charge in [0.05, 0.1) is 42.2 Å². The average Bonchev–Trinajstić information content (AvgIpc) is 3.23. The molecule has 1 N–H and O–H groups in total. The van der Waals surface area contributed by atoms with Crippen LogP contribution in [-0.2, 0) is 4.79 Å². The van der Waals surface area contributed by atoms with Crippen molar-refractivity contribution in [3.8, 4) is 11.5 Å². The highest BCUT2D eigenvalue weighted by Crippen LogP contribution is 2.49. The lowest BCUT2D eigenvalue weighted by Crippen LogP contribution is -2.50. The van der Waals surface area contributed by atoms with E-state index in [0.29, 0.717) is 39.3 Å². The van der Waals surface area contributed by atoms with Gasteiger partial charge in [0.25, 0.3) is 11.8 Å². The molecule has 0 fully saturated rings. The SMILES string of the molecule is COc1ccc2c(c1OC)C(=O)N1c3ccccc3C(=O)N(CC(=O)Nc3cccc4cccnc34)C21. The summed E-state index contributed by atoms with van der Waals surface area (Å²) in [5.41, 5.74) is 2.87. The fourth-order valence-corrected chi connectivity index (χ4v) is 5.14. The number of hydrogen-bond acceptors (Lipinski definition) is 6. The normalized spacial score (nSPS) is 15.8. The Bertz CT molecular complexity index is 1600. The van der Waals surface area contributed by atoms with Crippen molar-refractivity contribution in [2.75, 3.05) is 31.0 Å². The topological polar surface area (TPSA) is 101 Å². The van der Waals surface area contributed by atoms with Crippen LogP contribution in [0.5, 0.6) is 11.5 Å². The van der Waals surface area contributed by atoms with Gasteiger partial charge in [-0.2, -0.15) is 0 Å². The third-order valence-electron chi connectivity index (χ3n) is 6.70. The van der Waals surface area contributed by atoms with Gasteiger partial charge in [0, 0.05) is 17.1 Å². The highest BCUT2D eigenvalue weighted by molar-refractivity contribution is 6.18. The summed E-state index contributed by atoms with van der Waals surface area (Å²) in [6.45, 7) is -0.279. The van der Waals surface area contributed by atoms with Gasteiger partial charge in [0.1, 0.15) is 12.7 Å². The van der Waals surface area contributed by atoms with Crippen LogP contribution in [0.15, 0.2) is 72.9 Å². The Hall–Kier alpha value is -4.92. The minimum atomic E-state index is -0.818. The van der Waals surface area contributed by atoms with E-state index in [2.05, 4.69) is 10.3 Å². The van der Waals surface area contributed by atoms with Crippen molar-refractivity contribution in [3.63, 3.8) is 0 Å². The molecule has 1 atom stereocenters. The molecule has 2 aliphatic heterocycles. The molecule has 184 valence electrons. The average molecular weight is 495 g/mol. The van der Waals surface area contributed by atoms with Crippen molar-refractivity contribution >= 4 is 40.0 Å². The number of nitrogens with one attached hydrogen (secondary N) is 1. The van der Waals surface area contributed by atoms with E-state index in [1.54, 1.807) is 48.7 Å². The summed E-state index contributed by atoms with van der Waals surface area (Å²) in [4.78, 5) is 48.1. The van der Waals surface area contributed by atoms with E-state index in [9.17, 15) is 14.4 Å². The van der Waals surface area contributed by atoms with Crippen molar-refractivity contribution in [1.82, 2.24) is 9.88 Å². The lowest BCUT2D eigenvalue weighted by Gasteiger charge is -2.40. The summed E-state index contributed by atoms with van der Waals surface area (Å²) in [5.74, 6) is -0.401. The Labute approximate surface area is 212 Å². The number of benzene rings is 3. The number of amides is 3. The molecule has 0 saturated carbocycles. The largest absolute Gasteiger partial charge is 0.493 e. The number of pyridine rings is 1. The quantitative estimate of drug-likeness (QED) is 0.450. The number of hydrogen-bond donors (Lipinski definition) is 1. The van der Waals surface area contributed by atoms with E-state index in [4.69, 9.17) is 9.47 Å². The Morgan fingerprint density at radius 1 is 0.946 bits per heavy atom. The van der Waals surface area contributed by atoms with Crippen molar-refractivity contribution in [1.29, 1.82) is 0 Å². The van der Waals surface area contributed by atoms with Gasteiger partial charge in [-0.1, -0.05) is 36.4 Å². The zero-order chi connectivity index (χ0) is 25.7. The van der Waals surface area contributed by atoms with Crippen LogP contribution in [0.25, 0.3) is 10.9 Å². The van der Waals surface area contributed by atoms with Crippen LogP contribution in [0.3, 0.4) is 0 Å². The van der Waals surface area contributed by atoms with Gasteiger partial charge in [-0.05, 0) is 30.3 Å². The molecule has 37 heavy (non-hydrogen) atoms. The second-order valence-electron chi connectivity index (χ2n) is 8.69. The predicted octanol–water partition coefficient (Wildman–Crippen LogP) is 4.01. The van der Waals surface area contributed by atoms with Crippen LogP contribution in [-0.4, -0.2) is 48.4 Å². The van der Waals surface area contributed by atoms with Crippen molar-refractivity contribution in [2.24, 2.45) is 0 Å². The van der Waals surface area contributed by atoms with Crippen LogP contribution < -0.4 is 19.7 Å². The molecular formula is C28H22N4O5. The zero-order valence-electron chi connectivity index (χ0n) is 20.1. The second kappa shape index (κ2) is 8.63. The Kier molecular flexibility index (Phi) is 5.26. The summed E-state index contributed by atoms with van der Waals surface area (Å²) in [6, 6.07) is 19.5. The van der Waals surface area contributed by atoms with Crippen LogP contribution in [0.4, 0.5) is 11.4 Å². The third kappa shape index (κ3) is 3.39. The first-order chi connectivity index (χ1) is 18.0. The molecule has 0 aliphatic carbocycles. The summed E-state index contributed by atoms with van der Waals surface area (Å²) < 4.78 is 10.9. The van der Waals surface area contributed by atoms with Gasteiger partial charge >= 0.3 is 0 Å². The number of carbonyl (C=O) groups is 3. The maximum Gasteiger partial charge on any atom is 0.264 e. The minimum Gasteiger partial charge on any atom is -0.493 e. The van der Waals surface area contributed by atoms with Gasteiger partial charge in [-0.25, -0.2) is 0 Å². The standard InChI is InChI=1S/C28H22N4O5/c1-36-21-13-12-18-23(25(21)37-2)28(35)32-20-11-4-3-9-17(20)27(34)31(26(18)32)15-22(33)30-19-10-5-7-16-8-6-14-29-24(16)19/h3-14,26H,15H2,1-2H3,(H,30,33). The molecular weight excluding hydrogens is 472 g/mol. The smallest absolute Gasteiger partial charge is 0.264 e. The van der Waals surface area contributed by atoms with Crippen LogP contribution >= 0.6 is 0 Å². The van der Waals surface area contributed by atoms with Gasteiger partial charge < -0.3 is 19.7 Å². The summed E-state index contributed by atoms with van der Waals surface area (Å²) in [7, 11) is 2.96. The maximum atomic E-state index is 13.8. The highest BCUT2D eigenvalue weighted by Gasteiger charge is 2.50. The predicted molar refractivity (Wildman–Crippen MR) is 137 cm³/mol. The molecule has 1 unspecified atom stereocenters. The fraction of sp³-hybridized carbons (Fsp3) is 0.143. The van der Waals surface area contributed by atoms with Gasteiger partial charge in [-0.3, -0.25) is 24.3 Å². The molecule has 3 aromatic carbocycles. The van der Waals surface area contributed by atoms with E-state index in [1.165, 1.54) is 24.0 Å². The first kappa shape index (κ1) is 22.5. The van der Waals surface area contributed by atoms with E-state index >= 15 is 0 Å². The van der Waals surface area contributed by atoms with Crippen LogP contribution in [0.1, 0.15) is 32.4 Å². The Morgan fingerprint density at radius 2 is 1.76 bits per heavy atom. The van der Waals surface area contributed by atoms with Gasteiger partial charge in [0.15, 0.2) is 11.5 Å². The third-order valence-corrected chi connectivity index (χ3v) is 6.70. The summed E-state index contributed by atoms with van der Waals surface area (Å²) in [5, 5.41) is 3.77. The molecule has 9 heteroatoms. The molecule has 9 nitrogen and oxygen atoms in total. The van der Waals surface area contributed by atoms with Crippen molar-refractivity contribution in [2.45, 2.75) is 6.17 Å². The molecule has 6 rings (SSSR count). The number of ether oxygens (including phenoxy) is 2. The number of fused-ring (bicyclic) bond motifs is 6. The van der Waals surface area contributed by atoms with Crippen molar-refractivity contribution in [3.05, 3.63) is 89.6 Å². The van der Waals surface area contributed by atoms with Crippen molar-refractivity contribution < 1.29 is 23.9 Å². The number of carbonyl (C=O) groups excluding carboxylic acids is 3. The summed E-state index contributed by atoms with van der Waals surface area (Å²) >= 11 is 0. The summed E-state index contributed by atoms with van der Waals surface area (Å²) in [6.07, 6.45) is 0.838. The number of para-hydroxylation sites is 2. The first-order valence-electron chi connectivity index (χ1n) is 11.7. The maximum absolute atomic E-state index is 13.8. The minimum absolute atomic E-state index is 0.279. The Balaban J connectivity index is 1.42. The van der Waals surface area contributed by atoms with E-state index in [-0.39, 0.29) is 24.1 Å². The van der Waals surface area contributed by atoms with Crippen LogP contribution in [0, 0.1) is 0 Å². The molecule has 2 aliphatic rings. The number of anilines is 2. The lowest BCUT2D eigenvalue weighted by molar-refractivity contribution is -0.117.